The third kappa shape index (κ3) is 3.40. The second kappa shape index (κ2) is 6.70. The summed E-state index contributed by atoms with van der Waals surface area (Å²) in [5, 5.41) is 0. The summed E-state index contributed by atoms with van der Waals surface area (Å²) in [7, 11) is 3.78. The van der Waals surface area contributed by atoms with E-state index in [0.29, 0.717) is 18.1 Å². The number of carbonyl (C=O) groups excluding carboxylic acids is 1. The van der Waals surface area contributed by atoms with Crippen LogP contribution in [-0.4, -0.2) is 47.5 Å². The van der Waals surface area contributed by atoms with Gasteiger partial charge in [-0.15, -0.1) is 0 Å². The van der Waals surface area contributed by atoms with Gasteiger partial charge in [0.2, 0.25) is 5.95 Å². The van der Waals surface area contributed by atoms with Gasteiger partial charge in [-0.1, -0.05) is 31.9 Å². The van der Waals surface area contributed by atoms with Crippen LogP contribution in [-0.2, 0) is 0 Å². The fourth-order valence-electron chi connectivity index (χ4n) is 2.50. The molecule has 0 radical (unpaired) electrons. The van der Waals surface area contributed by atoms with Crippen molar-refractivity contribution in [3.63, 3.8) is 0 Å². The van der Waals surface area contributed by atoms with E-state index in [2.05, 4.69) is 29.0 Å². The lowest BCUT2D eigenvalue weighted by Crippen LogP contribution is -2.36. The van der Waals surface area contributed by atoms with Crippen molar-refractivity contribution in [3.05, 3.63) is 29.6 Å². The Morgan fingerprint density at radius 2 is 2.24 bits per heavy atom. The Balaban J connectivity index is 2.16. The van der Waals surface area contributed by atoms with Crippen molar-refractivity contribution in [2.45, 2.75) is 39.2 Å². The van der Waals surface area contributed by atoms with Crippen LogP contribution in [0.4, 0.5) is 5.95 Å². The number of nitrogens with zero attached hydrogens (tertiary/aromatic N) is 4. The van der Waals surface area contributed by atoms with Gasteiger partial charge in [0.05, 0.1) is 17.3 Å². The number of unbranched alkanes of at least 4 members (excludes halogenated alkanes) is 1. The van der Waals surface area contributed by atoms with Crippen LogP contribution >= 0.6 is 0 Å². The number of amides is 1. The molecular formula is C16H24N4O. The molecule has 5 nitrogen and oxygen atoms in total. The lowest BCUT2D eigenvalue weighted by atomic mass is 10.1. The Bertz CT molecular complexity index is 539. The van der Waals surface area contributed by atoms with Crippen molar-refractivity contribution in [2.75, 3.05) is 25.5 Å². The molecule has 21 heavy (non-hydrogen) atoms. The summed E-state index contributed by atoms with van der Waals surface area (Å²) in [5.74, 6) is 0.662. The first-order chi connectivity index (χ1) is 10.0. The molecule has 0 spiro atoms. The van der Waals surface area contributed by atoms with Crippen molar-refractivity contribution in [2.24, 2.45) is 0 Å². The molecule has 1 aromatic heterocycles. The van der Waals surface area contributed by atoms with Crippen LogP contribution in [0.2, 0.25) is 0 Å². The van der Waals surface area contributed by atoms with Gasteiger partial charge in [0.25, 0.3) is 5.91 Å². The van der Waals surface area contributed by atoms with Gasteiger partial charge in [-0.25, -0.2) is 9.97 Å². The summed E-state index contributed by atoms with van der Waals surface area (Å²) in [5.41, 5.74) is 1.34. The number of aryl methyl sites for hydroxylation is 1. The van der Waals surface area contributed by atoms with Gasteiger partial charge in [-0.3, -0.25) is 4.79 Å². The molecule has 1 aliphatic heterocycles. The van der Waals surface area contributed by atoms with Gasteiger partial charge < -0.3 is 9.80 Å². The summed E-state index contributed by atoms with van der Waals surface area (Å²) >= 11 is 0. The van der Waals surface area contributed by atoms with Crippen molar-refractivity contribution in [1.29, 1.82) is 0 Å². The van der Waals surface area contributed by atoms with Crippen LogP contribution in [0, 0.1) is 6.92 Å². The molecule has 0 saturated heterocycles. The summed E-state index contributed by atoms with van der Waals surface area (Å²) in [6.07, 6.45) is 9.16. The quantitative estimate of drug-likeness (QED) is 0.781. The molecule has 0 aliphatic carbocycles. The van der Waals surface area contributed by atoms with E-state index in [0.717, 1.165) is 25.0 Å². The predicted octanol–water partition coefficient (Wildman–Crippen LogP) is 2.42. The van der Waals surface area contributed by atoms with E-state index in [9.17, 15) is 4.79 Å². The molecule has 0 bridgehead atoms. The first kappa shape index (κ1) is 15.5. The summed E-state index contributed by atoms with van der Waals surface area (Å²) < 4.78 is 0. The molecule has 2 heterocycles. The zero-order valence-corrected chi connectivity index (χ0v) is 13.3. The molecule has 0 N–H and O–H groups in total. The molecule has 1 unspecified atom stereocenters. The van der Waals surface area contributed by atoms with Crippen molar-refractivity contribution in [3.8, 4) is 0 Å². The molecule has 0 fully saturated rings. The van der Waals surface area contributed by atoms with E-state index >= 15 is 0 Å². The molecule has 0 saturated carbocycles. The number of hydrogen-bond acceptors (Lipinski definition) is 4. The molecule has 1 atom stereocenters. The zero-order chi connectivity index (χ0) is 15.4. The maximum atomic E-state index is 12.7. The highest BCUT2D eigenvalue weighted by molar-refractivity contribution is 5.95. The summed E-state index contributed by atoms with van der Waals surface area (Å²) in [6, 6.07) is 0.213. The first-order valence-corrected chi connectivity index (χ1v) is 7.53. The lowest BCUT2D eigenvalue weighted by Gasteiger charge is -2.25. The Morgan fingerprint density at radius 3 is 2.86 bits per heavy atom. The minimum absolute atomic E-state index is 0.0314. The van der Waals surface area contributed by atoms with Crippen molar-refractivity contribution in [1.82, 2.24) is 14.9 Å². The minimum atomic E-state index is 0.0314. The van der Waals surface area contributed by atoms with Crippen LogP contribution in [0.3, 0.4) is 0 Å². The molecule has 1 amide bonds. The smallest absolute Gasteiger partial charge is 0.258 e. The fraction of sp³-hybridized carbons (Fsp3) is 0.562. The standard InChI is InChI=1S/C16H24N4O/c1-5-6-8-13-9-7-10-20(13)15(21)14-11-17-16(19(3)4)18-12(14)2/h7,9,11,13H,5-6,8,10H2,1-4H3. The van der Waals surface area contributed by atoms with E-state index in [1.165, 1.54) is 0 Å². The SMILES string of the molecule is CCCCC1C=CCN1C(=O)c1cnc(N(C)C)nc1C. The van der Waals surface area contributed by atoms with Crippen molar-refractivity contribution < 1.29 is 4.79 Å². The number of aromatic nitrogens is 2. The Hall–Kier alpha value is -1.91. The molecule has 1 aliphatic rings. The fourth-order valence-corrected chi connectivity index (χ4v) is 2.50. The van der Waals surface area contributed by atoms with E-state index < -0.39 is 0 Å². The summed E-state index contributed by atoms with van der Waals surface area (Å²) in [4.78, 5) is 25.1. The van der Waals surface area contributed by atoms with Crippen LogP contribution in [0.25, 0.3) is 0 Å². The largest absolute Gasteiger partial charge is 0.347 e. The number of hydrogen-bond donors (Lipinski definition) is 0. The highest BCUT2D eigenvalue weighted by atomic mass is 16.2. The highest BCUT2D eigenvalue weighted by Gasteiger charge is 2.26. The van der Waals surface area contributed by atoms with Gasteiger partial charge in [0, 0.05) is 26.8 Å². The second-order valence-electron chi connectivity index (χ2n) is 5.66. The summed E-state index contributed by atoms with van der Waals surface area (Å²) in [6.45, 7) is 4.72. The van der Waals surface area contributed by atoms with Crippen molar-refractivity contribution >= 4 is 11.9 Å². The molecular weight excluding hydrogens is 264 g/mol. The van der Waals surface area contributed by atoms with Gasteiger partial charge in [0.15, 0.2) is 0 Å². The number of rotatable bonds is 5. The average molecular weight is 288 g/mol. The molecule has 2 rings (SSSR count). The van der Waals surface area contributed by atoms with Crippen LogP contribution in [0.5, 0.6) is 0 Å². The monoisotopic (exact) mass is 288 g/mol. The van der Waals surface area contributed by atoms with Gasteiger partial charge >= 0.3 is 0 Å². The minimum Gasteiger partial charge on any atom is -0.347 e. The third-order valence-corrected chi connectivity index (χ3v) is 3.77. The average Bonchev–Trinajstić information content (AvgIpc) is 2.92. The van der Waals surface area contributed by atoms with Crippen LogP contribution in [0.15, 0.2) is 18.3 Å². The highest BCUT2D eigenvalue weighted by Crippen LogP contribution is 2.20. The molecule has 1 aromatic rings. The Labute approximate surface area is 126 Å². The molecule has 0 aromatic carbocycles. The normalized spacial score (nSPS) is 17.3. The second-order valence-corrected chi connectivity index (χ2v) is 5.66. The third-order valence-electron chi connectivity index (χ3n) is 3.77. The number of anilines is 1. The van der Waals surface area contributed by atoms with Crippen LogP contribution < -0.4 is 4.90 Å². The first-order valence-electron chi connectivity index (χ1n) is 7.53. The topological polar surface area (TPSA) is 49.3 Å². The van der Waals surface area contributed by atoms with Gasteiger partial charge in [-0.05, 0) is 13.3 Å². The van der Waals surface area contributed by atoms with E-state index in [1.54, 1.807) is 6.20 Å². The molecule has 5 heteroatoms. The lowest BCUT2D eigenvalue weighted by molar-refractivity contribution is 0.0742. The number of carbonyl (C=O) groups is 1. The predicted molar refractivity (Wildman–Crippen MR) is 84.6 cm³/mol. The Morgan fingerprint density at radius 1 is 1.48 bits per heavy atom. The van der Waals surface area contributed by atoms with Crippen LogP contribution in [0.1, 0.15) is 42.2 Å². The van der Waals surface area contributed by atoms with Gasteiger partial charge in [-0.2, -0.15) is 0 Å². The maximum Gasteiger partial charge on any atom is 0.258 e. The van der Waals surface area contributed by atoms with Gasteiger partial charge in [0.1, 0.15) is 0 Å². The van der Waals surface area contributed by atoms with E-state index in [4.69, 9.17) is 0 Å². The molecule has 114 valence electrons. The Kier molecular flexibility index (Phi) is 4.94. The van der Waals surface area contributed by atoms with E-state index in [1.807, 2.05) is 30.8 Å². The van der Waals surface area contributed by atoms with E-state index in [-0.39, 0.29) is 11.9 Å². The zero-order valence-electron chi connectivity index (χ0n) is 13.3. The maximum absolute atomic E-state index is 12.7.